The van der Waals surface area contributed by atoms with Gasteiger partial charge in [0.25, 0.3) is 0 Å². The van der Waals surface area contributed by atoms with Crippen LogP contribution in [0.3, 0.4) is 0 Å². The molecular weight excluding hydrogens is 350 g/mol. The van der Waals surface area contributed by atoms with Gasteiger partial charge in [-0.1, -0.05) is 30.3 Å². The minimum atomic E-state index is -0.700. The zero-order valence-electron chi connectivity index (χ0n) is 15.4. The van der Waals surface area contributed by atoms with Gasteiger partial charge < -0.3 is 9.47 Å². The first-order chi connectivity index (χ1) is 12.2. The maximum absolute atomic E-state index is 12.5. The Labute approximate surface area is 157 Å². The molecule has 0 atom stereocenters. The molecule has 0 spiro atoms. The average Bonchev–Trinajstić information content (AvgIpc) is 2.96. The van der Waals surface area contributed by atoms with Crippen LogP contribution in [0, 0.1) is 6.92 Å². The number of benzene rings is 1. The summed E-state index contributed by atoms with van der Waals surface area (Å²) in [7, 11) is 0. The molecule has 0 aliphatic rings. The molecule has 1 N–H and O–H groups in total. The Morgan fingerprint density at radius 1 is 1.12 bits per heavy atom. The second-order valence-corrected chi connectivity index (χ2v) is 8.01. The summed E-state index contributed by atoms with van der Waals surface area (Å²) in [4.78, 5) is 26.5. The van der Waals surface area contributed by atoms with E-state index in [0.29, 0.717) is 0 Å². The molecule has 138 valence electrons. The number of hydrogen-bond acceptors (Lipinski definition) is 5. The summed E-state index contributed by atoms with van der Waals surface area (Å²) in [6, 6.07) is 13.2. The first-order valence-corrected chi connectivity index (χ1v) is 9.04. The highest BCUT2D eigenvalue weighted by atomic mass is 32.1. The quantitative estimate of drug-likeness (QED) is 0.611. The molecule has 0 unspecified atom stereocenters. The molecule has 0 saturated heterocycles. The van der Waals surface area contributed by atoms with Crippen LogP contribution in [-0.2, 0) is 20.9 Å². The molecule has 0 aliphatic carbocycles. The Morgan fingerprint density at radius 3 is 2.38 bits per heavy atom. The molecule has 26 heavy (non-hydrogen) atoms. The lowest BCUT2D eigenvalue weighted by Crippen LogP contribution is -2.34. The van der Waals surface area contributed by atoms with E-state index in [1.54, 1.807) is 26.8 Å². The van der Waals surface area contributed by atoms with Gasteiger partial charge in [-0.3, -0.25) is 5.32 Å². The van der Waals surface area contributed by atoms with Crippen molar-refractivity contribution in [1.29, 1.82) is 0 Å². The lowest BCUT2D eigenvalue weighted by Gasteiger charge is -2.20. The van der Waals surface area contributed by atoms with Gasteiger partial charge in [0.15, 0.2) is 0 Å². The molecule has 2 aromatic rings. The van der Waals surface area contributed by atoms with E-state index in [-0.39, 0.29) is 12.3 Å². The predicted octanol–water partition coefficient (Wildman–Crippen LogP) is 4.67. The Bertz CT molecular complexity index is 788. The van der Waals surface area contributed by atoms with Crippen LogP contribution in [-0.4, -0.2) is 17.7 Å². The largest absolute Gasteiger partial charge is 0.456 e. The SMILES string of the molecule is Cc1ccc(/C=C(\NC(=O)OC(C)(C)C)C(=O)OCc2ccccc2)s1. The average molecular weight is 373 g/mol. The smallest absolute Gasteiger partial charge is 0.412 e. The van der Waals surface area contributed by atoms with Gasteiger partial charge in [0.05, 0.1) is 0 Å². The fraction of sp³-hybridized carbons (Fsp3) is 0.300. The van der Waals surface area contributed by atoms with Crippen molar-refractivity contribution in [3.05, 3.63) is 63.5 Å². The monoisotopic (exact) mass is 373 g/mol. The number of aryl methyl sites for hydroxylation is 1. The lowest BCUT2D eigenvalue weighted by atomic mass is 10.2. The first kappa shape index (κ1) is 19.7. The van der Waals surface area contributed by atoms with E-state index in [1.165, 1.54) is 11.3 Å². The van der Waals surface area contributed by atoms with Crippen molar-refractivity contribution in [1.82, 2.24) is 5.32 Å². The topological polar surface area (TPSA) is 64.6 Å². The van der Waals surface area contributed by atoms with Crippen LogP contribution in [0.5, 0.6) is 0 Å². The number of ether oxygens (including phenoxy) is 2. The summed E-state index contributed by atoms with van der Waals surface area (Å²) in [5, 5.41) is 2.50. The summed E-state index contributed by atoms with van der Waals surface area (Å²) in [6.07, 6.45) is 0.892. The van der Waals surface area contributed by atoms with Crippen molar-refractivity contribution >= 4 is 29.5 Å². The molecular formula is C20H23NO4S. The van der Waals surface area contributed by atoms with Crippen molar-refractivity contribution in [3.63, 3.8) is 0 Å². The van der Waals surface area contributed by atoms with E-state index in [1.807, 2.05) is 49.4 Å². The summed E-state index contributed by atoms with van der Waals surface area (Å²) in [6.45, 7) is 7.36. The first-order valence-electron chi connectivity index (χ1n) is 8.22. The molecule has 0 radical (unpaired) electrons. The Balaban J connectivity index is 2.12. The van der Waals surface area contributed by atoms with Crippen molar-refractivity contribution in [3.8, 4) is 0 Å². The van der Waals surface area contributed by atoms with E-state index < -0.39 is 17.7 Å². The van der Waals surface area contributed by atoms with Crippen LogP contribution in [0.1, 0.15) is 36.1 Å². The van der Waals surface area contributed by atoms with E-state index in [2.05, 4.69) is 5.32 Å². The molecule has 1 aromatic carbocycles. The van der Waals surface area contributed by atoms with Crippen LogP contribution in [0.4, 0.5) is 4.79 Å². The summed E-state index contributed by atoms with van der Waals surface area (Å²) >= 11 is 1.51. The molecule has 1 aromatic heterocycles. The summed E-state index contributed by atoms with van der Waals surface area (Å²) in [5.74, 6) is -0.620. The highest BCUT2D eigenvalue weighted by molar-refractivity contribution is 7.12. The number of esters is 1. The summed E-state index contributed by atoms with van der Waals surface area (Å²) in [5.41, 5.74) is 0.240. The molecule has 0 saturated carbocycles. The molecule has 0 aliphatic heterocycles. The molecule has 2 rings (SSSR count). The standard InChI is InChI=1S/C20H23NO4S/c1-14-10-11-16(26-14)12-17(21-19(23)25-20(2,3)4)18(22)24-13-15-8-6-5-7-9-15/h5-12H,13H2,1-4H3,(H,21,23)/b17-12-. The number of rotatable bonds is 5. The van der Waals surface area contributed by atoms with Crippen LogP contribution in [0.2, 0.25) is 0 Å². The number of carbonyl (C=O) groups is 2. The molecule has 0 bridgehead atoms. The second kappa shape index (κ2) is 8.67. The molecule has 6 heteroatoms. The number of amides is 1. The van der Waals surface area contributed by atoms with E-state index in [4.69, 9.17) is 9.47 Å². The van der Waals surface area contributed by atoms with Gasteiger partial charge in [-0.2, -0.15) is 0 Å². The Hall–Kier alpha value is -2.60. The zero-order chi connectivity index (χ0) is 19.2. The minimum Gasteiger partial charge on any atom is -0.456 e. The van der Waals surface area contributed by atoms with Crippen molar-refractivity contribution < 1.29 is 19.1 Å². The van der Waals surface area contributed by atoms with Crippen LogP contribution >= 0.6 is 11.3 Å². The molecule has 1 amide bonds. The van der Waals surface area contributed by atoms with Gasteiger partial charge in [-0.25, -0.2) is 9.59 Å². The second-order valence-electron chi connectivity index (χ2n) is 6.70. The Morgan fingerprint density at radius 2 is 1.81 bits per heavy atom. The number of thiophene rings is 1. The van der Waals surface area contributed by atoms with Crippen LogP contribution < -0.4 is 5.32 Å². The third-order valence-corrected chi connectivity index (χ3v) is 4.06. The molecule has 5 nitrogen and oxygen atoms in total. The number of nitrogens with one attached hydrogen (secondary N) is 1. The third-order valence-electron chi connectivity index (χ3n) is 3.12. The van der Waals surface area contributed by atoms with Crippen molar-refractivity contribution in [2.24, 2.45) is 0 Å². The highest BCUT2D eigenvalue weighted by Crippen LogP contribution is 2.19. The van der Waals surface area contributed by atoms with E-state index >= 15 is 0 Å². The van der Waals surface area contributed by atoms with E-state index in [0.717, 1.165) is 15.3 Å². The lowest BCUT2D eigenvalue weighted by molar-refractivity contribution is -0.140. The van der Waals surface area contributed by atoms with E-state index in [9.17, 15) is 9.59 Å². The third kappa shape index (κ3) is 6.72. The van der Waals surface area contributed by atoms with Crippen LogP contribution in [0.25, 0.3) is 6.08 Å². The van der Waals surface area contributed by atoms with Gasteiger partial charge in [0.2, 0.25) is 0 Å². The summed E-state index contributed by atoms with van der Waals surface area (Å²) < 4.78 is 10.6. The van der Waals surface area contributed by atoms with Gasteiger partial charge in [0.1, 0.15) is 17.9 Å². The predicted molar refractivity (Wildman–Crippen MR) is 103 cm³/mol. The molecule has 1 heterocycles. The highest BCUT2D eigenvalue weighted by Gasteiger charge is 2.20. The van der Waals surface area contributed by atoms with Crippen molar-refractivity contribution in [2.45, 2.75) is 39.9 Å². The van der Waals surface area contributed by atoms with Gasteiger partial charge in [-0.15, -0.1) is 11.3 Å². The molecule has 0 fully saturated rings. The number of alkyl carbamates (subject to hydrolysis) is 1. The number of hydrogen-bond donors (Lipinski definition) is 1. The minimum absolute atomic E-state index is 0.0389. The maximum Gasteiger partial charge on any atom is 0.412 e. The maximum atomic E-state index is 12.5. The number of carbonyl (C=O) groups excluding carboxylic acids is 2. The van der Waals surface area contributed by atoms with Gasteiger partial charge in [0, 0.05) is 9.75 Å². The van der Waals surface area contributed by atoms with Gasteiger partial charge >= 0.3 is 12.1 Å². The van der Waals surface area contributed by atoms with Crippen LogP contribution in [0.15, 0.2) is 48.2 Å². The fourth-order valence-corrected chi connectivity index (χ4v) is 2.85. The van der Waals surface area contributed by atoms with Gasteiger partial charge in [-0.05, 0) is 51.5 Å². The van der Waals surface area contributed by atoms with Crippen molar-refractivity contribution in [2.75, 3.05) is 0 Å². The zero-order valence-corrected chi connectivity index (χ0v) is 16.2. The Kier molecular flexibility index (Phi) is 6.58. The normalized spacial score (nSPS) is 11.8. The fourth-order valence-electron chi connectivity index (χ4n) is 2.03.